The van der Waals surface area contributed by atoms with Gasteiger partial charge in [-0.1, -0.05) is 12.1 Å². The fourth-order valence-electron chi connectivity index (χ4n) is 1.72. The van der Waals surface area contributed by atoms with E-state index in [0.717, 1.165) is 10.6 Å². The third kappa shape index (κ3) is 5.49. The van der Waals surface area contributed by atoms with Crippen molar-refractivity contribution < 1.29 is 9.59 Å². The van der Waals surface area contributed by atoms with E-state index in [1.165, 1.54) is 6.08 Å². The highest BCUT2D eigenvalue weighted by molar-refractivity contribution is 7.10. The van der Waals surface area contributed by atoms with E-state index < -0.39 is 0 Å². The molecule has 2 rings (SSSR count). The molecule has 2 N–H and O–H groups in total. The molecule has 0 saturated carbocycles. The molecule has 0 atom stereocenters. The second kappa shape index (κ2) is 8.09. The van der Waals surface area contributed by atoms with E-state index in [1.807, 2.05) is 36.6 Å². The maximum atomic E-state index is 11.7. The molecule has 114 valence electrons. The molecular formula is C16H17N3O2S. The molecule has 0 aliphatic rings. The van der Waals surface area contributed by atoms with E-state index >= 15 is 0 Å². The van der Waals surface area contributed by atoms with E-state index in [4.69, 9.17) is 0 Å². The van der Waals surface area contributed by atoms with Crippen molar-refractivity contribution >= 4 is 35.0 Å². The third-order valence-corrected chi connectivity index (χ3v) is 3.59. The predicted octanol–water partition coefficient (Wildman–Crippen LogP) is 2.61. The van der Waals surface area contributed by atoms with Gasteiger partial charge in [-0.2, -0.15) is 0 Å². The number of thiophene rings is 1. The zero-order valence-corrected chi connectivity index (χ0v) is 13.0. The van der Waals surface area contributed by atoms with Crippen LogP contribution in [0.25, 0.3) is 6.08 Å². The normalized spacial score (nSPS) is 10.6. The smallest absolute Gasteiger partial charge is 0.244 e. The van der Waals surface area contributed by atoms with Crippen LogP contribution in [0.4, 0.5) is 5.82 Å². The van der Waals surface area contributed by atoms with Gasteiger partial charge in [0, 0.05) is 29.6 Å². The molecule has 0 aliphatic heterocycles. The maximum absolute atomic E-state index is 11.7. The predicted molar refractivity (Wildman–Crippen MR) is 88.6 cm³/mol. The first-order valence-electron chi connectivity index (χ1n) is 6.86. The summed E-state index contributed by atoms with van der Waals surface area (Å²) >= 11 is 1.56. The van der Waals surface area contributed by atoms with Crippen molar-refractivity contribution in [3.8, 4) is 0 Å². The summed E-state index contributed by atoms with van der Waals surface area (Å²) in [5.74, 6) is 0.129. The van der Waals surface area contributed by atoms with Crippen LogP contribution in [0.3, 0.4) is 0 Å². The molecule has 0 spiro atoms. The number of rotatable bonds is 6. The molecule has 0 radical (unpaired) electrons. The molecule has 2 aromatic rings. The van der Waals surface area contributed by atoms with Gasteiger partial charge in [0.1, 0.15) is 5.82 Å². The molecule has 0 aliphatic carbocycles. The Morgan fingerprint density at radius 2 is 2.14 bits per heavy atom. The number of carbonyl (C=O) groups is 2. The first-order valence-corrected chi connectivity index (χ1v) is 7.74. The molecule has 2 amide bonds. The van der Waals surface area contributed by atoms with Gasteiger partial charge in [-0.05, 0) is 36.6 Å². The van der Waals surface area contributed by atoms with Crippen molar-refractivity contribution in [1.29, 1.82) is 0 Å². The van der Waals surface area contributed by atoms with Gasteiger partial charge >= 0.3 is 0 Å². The van der Waals surface area contributed by atoms with Crippen LogP contribution in [0.15, 0.2) is 41.8 Å². The number of aromatic nitrogens is 1. The molecule has 6 heteroatoms. The Kier molecular flexibility index (Phi) is 5.85. The van der Waals surface area contributed by atoms with Crippen LogP contribution >= 0.6 is 11.3 Å². The Bertz CT molecular complexity index is 666. The minimum Gasteiger partial charge on any atom is -0.352 e. The van der Waals surface area contributed by atoms with Gasteiger partial charge in [0.05, 0.1) is 0 Å². The Balaban J connectivity index is 1.69. The summed E-state index contributed by atoms with van der Waals surface area (Å²) in [5.41, 5.74) is 0.838. The lowest BCUT2D eigenvalue weighted by Crippen LogP contribution is -2.26. The van der Waals surface area contributed by atoms with Gasteiger partial charge < -0.3 is 10.6 Å². The van der Waals surface area contributed by atoms with Crippen molar-refractivity contribution in [2.24, 2.45) is 0 Å². The van der Waals surface area contributed by atoms with Gasteiger partial charge in [-0.3, -0.25) is 9.59 Å². The number of amides is 2. The minimum absolute atomic E-state index is 0.180. The minimum atomic E-state index is -0.213. The highest BCUT2D eigenvalue weighted by atomic mass is 32.1. The third-order valence-electron chi connectivity index (χ3n) is 2.75. The summed E-state index contributed by atoms with van der Waals surface area (Å²) in [6.45, 7) is 2.14. The molecule has 22 heavy (non-hydrogen) atoms. The average molecular weight is 315 g/mol. The van der Waals surface area contributed by atoms with Gasteiger partial charge in [0.15, 0.2) is 0 Å². The molecule has 2 heterocycles. The van der Waals surface area contributed by atoms with E-state index in [9.17, 15) is 9.59 Å². The lowest BCUT2D eigenvalue weighted by Gasteiger charge is -2.05. The second-order valence-electron chi connectivity index (χ2n) is 4.60. The highest BCUT2D eigenvalue weighted by Crippen LogP contribution is 2.09. The van der Waals surface area contributed by atoms with Crippen LogP contribution < -0.4 is 10.6 Å². The summed E-state index contributed by atoms with van der Waals surface area (Å²) in [4.78, 5) is 28.5. The topological polar surface area (TPSA) is 71.1 Å². The largest absolute Gasteiger partial charge is 0.352 e. The summed E-state index contributed by atoms with van der Waals surface area (Å²) in [6.07, 6.45) is 3.41. The SMILES string of the molecule is Cc1cccc(NC(=O)CCNC(=O)C=Cc2cccs2)n1. The van der Waals surface area contributed by atoms with Crippen LogP contribution in [0.5, 0.6) is 0 Å². The van der Waals surface area contributed by atoms with Crippen LogP contribution in [0.2, 0.25) is 0 Å². The standard InChI is InChI=1S/C16H17N3O2S/c1-12-4-2-6-14(18-12)19-16(21)9-10-17-15(20)8-7-13-5-3-11-22-13/h2-8,11H,9-10H2,1H3,(H,17,20)(H,18,19,21). The van der Waals surface area contributed by atoms with Crippen molar-refractivity contribution in [3.05, 3.63) is 52.4 Å². The molecule has 2 aromatic heterocycles. The van der Waals surface area contributed by atoms with Crippen molar-refractivity contribution in [2.75, 3.05) is 11.9 Å². The van der Waals surface area contributed by atoms with Crippen molar-refractivity contribution in [3.63, 3.8) is 0 Å². The molecule has 0 aromatic carbocycles. The van der Waals surface area contributed by atoms with Crippen LogP contribution in [0, 0.1) is 6.92 Å². The monoisotopic (exact) mass is 315 g/mol. The Labute approximate surface area is 133 Å². The fraction of sp³-hybridized carbons (Fsp3) is 0.188. The van der Waals surface area contributed by atoms with Crippen LogP contribution in [0.1, 0.15) is 17.0 Å². The molecule has 0 saturated heterocycles. The lowest BCUT2D eigenvalue weighted by atomic mass is 10.3. The lowest BCUT2D eigenvalue weighted by molar-refractivity contribution is -0.117. The first-order chi connectivity index (χ1) is 10.6. The first kappa shape index (κ1) is 15.9. The van der Waals surface area contributed by atoms with Crippen LogP contribution in [-0.2, 0) is 9.59 Å². The Morgan fingerprint density at radius 1 is 1.27 bits per heavy atom. The van der Waals surface area contributed by atoms with E-state index in [1.54, 1.807) is 23.5 Å². The summed E-state index contributed by atoms with van der Waals surface area (Å²) in [5, 5.41) is 7.31. The van der Waals surface area contributed by atoms with Gasteiger partial charge in [0.25, 0.3) is 0 Å². The van der Waals surface area contributed by atoms with E-state index in [-0.39, 0.29) is 24.8 Å². The summed E-state index contributed by atoms with van der Waals surface area (Å²) in [7, 11) is 0. The van der Waals surface area contributed by atoms with Gasteiger partial charge in [-0.15, -0.1) is 11.3 Å². The molecule has 0 unspecified atom stereocenters. The van der Waals surface area contributed by atoms with E-state index in [2.05, 4.69) is 15.6 Å². The Morgan fingerprint density at radius 3 is 2.86 bits per heavy atom. The highest BCUT2D eigenvalue weighted by Gasteiger charge is 2.04. The number of nitrogens with one attached hydrogen (secondary N) is 2. The number of carbonyl (C=O) groups excluding carboxylic acids is 2. The van der Waals surface area contributed by atoms with Crippen molar-refractivity contribution in [1.82, 2.24) is 10.3 Å². The van der Waals surface area contributed by atoms with Crippen molar-refractivity contribution in [2.45, 2.75) is 13.3 Å². The summed E-state index contributed by atoms with van der Waals surface area (Å²) in [6, 6.07) is 9.26. The van der Waals surface area contributed by atoms with E-state index in [0.29, 0.717) is 5.82 Å². The zero-order valence-electron chi connectivity index (χ0n) is 12.2. The maximum Gasteiger partial charge on any atom is 0.244 e. The van der Waals surface area contributed by atoms with Crippen LogP contribution in [-0.4, -0.2) is 23.3 Å². The second-order valence-corrected chi connectivity index (χ2v) is 5.58. The number of anilines is 1. The quantitative estimate of drug-likeness (QED) is 0.805. The number of hydrogen-bond donors (Lipinski definition) is 2. The van der Waals surface area contributed by atoms with Gasteiger partial charge in [0.2, 0.25) is 11.8 Å². The fourth-order valence-corrected chi connectivity index (χ4v) is 2.34. The average Bonchev–Trinajstić information content (AvgIpc) is 2.98. The number of hydrogen-bond acceptors (Lipinski definition) is 4. The molecule has 0 fully saturated rings. The molecular weight excluding hydrogens is 298 g/mol. The zero-order chi connectivity index (χ0) is 15.8. The number of aryl methyl sites for hydroxylation is 1. The molecule has 5 nitrogen and oxygen atoms in total. The number of pyridine rings is 1. The molecule has 0 bridgehead atoms. The Hall–Kier alpha value is -2.47. The summed E-state index contributed by atoms with van der Waals surface area (Å²) < 4.78 is 0. The number of nitrogens with zero attached hydrogens (tertiary/aromatic N) is 1. The van der Waals surface area contributed by atoms with Gasteiger partial charge in [-0.25, -0.2) is 4.98 Å².